The Hall–Kier alpha value is -3.25. The van der Waals surface area contributed by atoms with Crippen LogP contribution in [0.4, 0.5) is 8.78 Å². The van der Waals surface area contributed by atoms with Crippen LogP contribution in [0, 0.1) is 11.6 Å². The molecule has 0 amide bonds. The first-order valence-electron chi connectivity index (χ1n) is 23.5. The molecule has 1 aliphatic rings. The van der Waals surface area contributed by atoms with Gasteiger partial charge < -0.3 is 0 Å². The van der Waals surface area contributed by atoms with Crippen molar-refractivity contribution in [2.75, 3.05) is 0 Å². The molecule has 0 bridgehead atoms. The zero-order valence-electron chi connectivity index (χ0n) is 43.3. The summed E-state index contributed by atoms with van der Waals surface area (Å²) in [5.41, 5.74) is 11.0. The van der Waals surface area contributed by atoms with Crippen LogP contribution in [0.5, 0.6) is 0 Å². The SMILES string of the molecule is CC(C)(C)c1cc(C(C)(C)C)c(C2P(c3c(F)c(-c4ccccc4)nc(-c4ccccc4)c3F)C(c3c(C(C)(C)C)cc(C(C)(C)C)cc3C(C)(C)C)P2C(C)(C)C)c(C(C)(C)C)c1. The van der Waals surface area contributed by atoms with E-state index in [4.69, 9.17) is 4.98 Å². The minimum atomic E-state index is -1.62. The average Bonchev–Trinajstić information content (AvgIpc) is 3.13. The lowest BCUT2D eigenvalue weighted by Crippen LogP contribution is -2.38. The summed E-state index contributed by atoms with van der Waals surface area (Å²) in [6.07, 6.45) is 0. The number of rotatable bonds is 5. The van der Waals surface area contributed by atoms with Gasteiger partial charge in [0.25, 0.3) is 0 Å². The fourth-order valence-electron chi connectivity index (χ4n) is 9.54. The van der Waals surface area contributed by atoms with Crippen molar-refractivity contribution in [2.45, 2.75) is 194 Å². The number of nitrogens with zero attached hydrogens (tertiary/aromatic N) is 1. The molecule has 0 radical (unpaired) electrons. The Balaban J connectivity index is 1.92. The monoisotopic (exact) mass is 902 g/mol. The highest BCUT2D eigenvalue weighted by Gasteiger charge is 2.61. The molecule has 0 N–H and O–H groups in total. The molecular weight excluding hydrogens is 823 g/mol. The molecule has 1 aliphatic heterocycles. The zero-order chi connectivity index (χ0) is 48.1. The summed E-state index contributed by atoms with van der Waals surface area (Å²) in [5.74, 6) is -1.04. The van der Waals surface area contributed by atoms with E-state index >= 15 is 8.78 Å². The van der Waals surface area contributed by atoms with Crippen molar-refractivity contribution in [3.63, 3.8) is 0 Å². The number of halogens is 2. The summed E-state index contributed by atoms with van der Waals surface area (Å²) >= 11 is 0. The van der Waals surface area contributed by atoms with E-state index < -0.39 is 27.5 Å². The Morgan fingerprint density at radius 3 is 0.922 bits per heavy atom. The summed E-state index contributed by atoms with van der Waals surface area (Å²) in [6, 6.07) is 29.1. The molecule has 0 aliphatic carbocycles. The van der Waals surface area contributed by atoms with Gasteiger partial charge in [0.15, 0.2) is 11.6 Å². The van der Waals surface area contributed by atoms with Crippen molar-refractivity contribution in [1.29, 1.82) is 0 Å². The second-order valence-corrected chi connectivity index (χ2v) is 32.0. The summed E-state index contributed by atoms with van der Waals surface area (Å²) in [6.45, 7) is 49.0. The number of aromatic nitrogens is 1. The van der Waals surface area contributed by atoms with Gasteiger partial charge in [-0.25, -0.2) is 13.8 Å². The van der Waals surface area contributed by atoms with Gasteiger partial charge in [0.2, 0.25) is 0 Å². The predicted octanol–water partition coefficient (Wildman–Crippen LogP) is 18.3. The van der Waals surface area contributed by atoms with Crippen LogP contribution in [0.2, 0.25) is 0 Å². The highest BCUT2D eigenvalue weighted by molar-refractivity contribution is 7.95. The number of benzene rings is 4. The first-order chi connectivity index (χ1) is 29.1. The van der Waals surface area contributed by atoms with E-state index in [2.05, 4.69) is 170 Å². The first-order valence-corrected chi connectivity index (χ1v) is 26.5. The molecule has 4 aromatic carbocycles. The quantitative estimate of drug-likeness (QED) is 0.160. The number of hydrogen-bond donors (Lipinski definition) is 0. The molecule has 1 nitrogen and oxygen atoms in total. The minimum absolute atomic E-state index is 0.101. The topological polar surface area (TPSA) is 12.9 Å². The molecule has 5 aromatic rings. The van der Waals surface area contributed by atoms with Gasteiger partial charge in [0, 0.05) is 21.9 Å². The number of pyridine rings is 1. The minimum Gasteiger partial charge on any atom is -0.242 e. The van der Waals surface area contributed by atoms with Gasteiger partial charge in [-0.3, -0.25) is 0 Å². The Bertz CT molecular complexity index is 2270. The first kappa shape index (κ1) is 50.2. The van der Waals surface area contributed by atoms with E-state index in [9.17, 15) is 0 Å². The van der Waals surface area contributed by atoms with Gasteiger partial charge in [-0.1, -0.05) is 238 Å². The molecule has 2 unspecified atom stereocenters. The van der Waals surface area contributed by atoms with Crippen LogP contribution in [0.15, 0.2) is 84.9 Å². The van der Waals surface area contributed by atoms with Gasteiger partial charge in [-0.05, 0) is 90.1 Å². The van der Waals surface area contributed by atoms with Crippen molar-refractivity contribution >= 4 is 21.1 Å². The molecule has 1 aromatic heterocycles. The van der Waals surface area contributed by atoms with Crippen molar-refractivity contribution < 1.29 is 8.78 Å². The summed E-state index contributed by atoms with van der Waals surface area (Å²) in [4.78, 5) is 4.95. The lowest BCUT2D eigenvalue weighted by molar-refractivity contribution is 0.538. The summed E-state index contributed by atoms with van der Waals surface area (Å²) < 4.78 is 37.4. The molecule has 5 heteroatoms. The molecule has 0 spiro atoms. The third-order valence-corrected chi connectivity index (χ3v) is 21.7. The second kappa shape index (κ2) is 16.8. The molecule has 64 heavy (non-hydrogen) atoms. The normalized spacial score (nSPS) is 19.2. The van der Waals surface area contributed by atoms with Crippen molar-refractivity contribution in [2.24, 2.45) is 0 Å². The fraction of sp³-hybridized carbons (Fsp3) is 0.508. The van der Waals surface area contributed by atoms with E-state index in [1.54, 1.807) is 0 Å². The Labute approximate surface area is 390 Å². The predicted molar refractivity (Wildman–Crippen MR) is 279 cm³/mol. The standard InChI is InChI=1S/C59H79F2NP2/c1-53(2,3)38-32-40(55(7,8)9)44(41(33-38)56(10,11)12)51-63(50-46(60)48(36-28-24-22-25-29-36)62-49(47(50)61)37-30-26-23-27-31-37)52(64(51)59(19,20)21)45-42(57(13,14)15)34-39(54(4,5)6)35-43(45)58(16,17)18/h22-35,51-52H,1-21H3. The van der Waals surface area contributed by atoms with Crippen LogP contribution in [0.3, 0.4) is 0 Å². The zero-order valence-corrected chi connectivity index (χ0v) is 45.1. The Morgan fingerprint density at radius 1 is 0.406 bits per heavy atom. The Kier molecular flexibility index (Phi) is 13.2. The maximum absolute atomic E-state index is 18.7. The van der Waals surface area contributed by atoms with E-state index in [1.165, 1.54) is 44.5 Å². The lowest BCUT2D eigenvalue weighted by Gasteiger charge is -2.61. The molecule has 0 saturated carbocycles. The summed E-state index contributed by atoms with van der Waals surface area (Å²) in [7, 11) is -2.61. The van der Waals surface area contributed by atoms with E-state index in [0.29, 0.717) is 11.1 Å². The molecule has 344 valence electrons. The second-order valence-electron chi connectivity index (χ2n) is 25.7. The van der Waals surface area contributed by atoms with Gasteiger partial charge >= 0.3 is 0 Å². The maximum Gasteiger partial charge on any atom is 0.160 e. The maximum atomic E-state index is 18.7. The smallest absolute Gasteiger partial charge is 0.160 e. The van der Waals surface area contributed by atoms with Crippen LogP contribution in [-0.2, 0) is 32.5 Å². The molecule has 6 rings (SSSR count). The molecule has 1 saturated heterocycles. The van der Waals surface area contributed by atoms with Crippen molar-refractivity contribution in [3.8, 4) is 22.5 Å². The molecule has 1 fully saturated rings. The van der Waals surface area contributed by atoms with Gasteiger partial charge in [-0.2, -0.15) is 0 Å². The van der Waals surface area contributed by atoms with Gasteiger partial charge in [0.05, 0.1) is 5.30 Å². The lowest BCUT2D eigenvalue weighted by atomic mass is 9.72. The molecule has 2 heterocycles. The fourth-order valence-corrected chi connectivity index (χ4v) is 20.4. The largest absolute Gasteiger partial charge is 0.242 e. The molecule has 2 atom stereocenters. The van der Waals surface area contributed by atoms with Gasteiger partial charge in [0.1, 0.15) is 11.4 Å². The van der Waals surface area contributed by atoms with E-state index in [-0.39, 0.29) is 65.1 Å². The third kappa shape index (κ3) is 9.62. The van der Waals surface area contributed by atoms with Crippen LogP contribution in [-0.4, -0.2) is 10.1 Å². The average molecular weight is 902 g/mol. The molecular formula is C59H79F2NP2. The third-order valence-electron chi connectivity index (χ3n) is 13.1. The van der Waals surface area contributed by atoms with Crippen LogP contribution >= 0.6 is 15.8 Å². The Morgan fingerprint density at radius 2 is 0.688 bits per heavy atom. The highest BCUT2D eigenvalue weighted by atomic mass is 31.2. The van der Waals surface area contributed by atoms with Gasteiger partial charge in [-0.15, -0.1) is 0 Å². The van der Waals surface area contributed by atoms with Crippen molar-refractivity contribution in [1.82, 2.24) is 4.98 Å². The van der Waals surface area contributed by atoms with E-state index in [1.807, 2.05) is 60.7 Å². The van der Waals surface area contributed by atoms with Crippen LogP contribution in [0.25, 0.3) is 22.5 Å². The van der Waals surface area contributed by atoms with Crippen LogP contribution < -0.4 is 5.30 Å². The van der Waals surface area contributed by atoms with Crippen LogP contribution in [0.1, 0.15) is 201 Å². The van der Waals surface area contributed by atoms with E-state index in [0.717, 1.165) is 0 Å². The highest BCUT2D eigenvalue weighted by Crippen LogP contribution is 2.97. The number of hydrogen-bond acceptors (Lipinski definition) is 1. The summed E-state index contributed by atoms with van der Waals surface area (Å²) in [5, 5.41) is -0.156. The van der Waals surface area contributed by atoms with Crippen molar-refractivity contribution in [3.05, 3.63) is 141 Å².